The minimum atomic E-state index is -0.435. The van der Waals surface area contributed by atoms with Crippen LogP contribution in [0, 0.1) is 13.8 Å². The molecule has 0 fully saturated rings. The highest BCUT2D eigenvalue weighted by molar-refractivity contribution is 5.81. The van der Waals surface area contributed by atoms with Gasteiger partial charge in [0.1, 0.15) is 0 Å². The van der Waals surface area contributed by atoms with Crippen LogP contribution in [0.15, 0.2) is 30.3 Å². The molecule has 0 saturated heterocycles. The number of amides is 1. The molecule has 2 rings (SSSR count). The molecule has 1 atom stereocenters. The van der Waals surface area contributed by atoms with E-state index in [2.05, 4.69) is 10.4 Å². The number of aromatic nitrogens is 2. The molecule has 1 aromatic heterocycles. The first-order chi connectivity index (χ1) is 10.5. The summed E-state index contributed by atoms with van der Waals surface area (Å²) in [6.07, 6.45) is 1.60. The molecular formula is C17H24N4O. The average Bonchev–Trinajstić information content (AvgIpc) is 2.81. The molecule has 3 N–H and O–H groups in total. The van der Waals surface area contributed by atoms with Gasteiger partial charge < -0.3 is 11.1 Å². The van der Waals surface area contributed by atoms with E-state index in [0.717, 1.165) is 29.1 Å². The van der Waals surface area contributed by atoms with Crippen LogP contribution in [0.2, 0.25) is 0 Å². The fourth-order valence-corrected chi connectivity index (χ4v) is 2.50. The second-order valence-electron chi connectivity index (χ2n) is 5.51. The zero-order valence-corrected chi connectivity index (χ0v) is 13.5. The van der Waals surface area contributed by atoms with E-state index in [4.69, 9.17) is 5.73 Å². The molecule has 0 radical (unpaired) electrons. The summed E-state index contributed by atoms with van der Waals surface area (Å²) in [6, 6.07) is 9.53. The van der Waals surface area contributed by atoms with E-state index < -0.39 is 6.04 Å². The average molecular weight is 300 g/mol. The van der Waals surface area contributed by atoms with Crippen molar-refractivity contribution in [1.82, 2.24) is 15.1 Å². The van der Waals surface area contributed by atoms with Crippen LogP contribution in [0.25, 0.3) is 5.69 Å². The number of nitrogens with two attached hydrogens (primary N) is 1. The van der Waals surface area contributed by atoms with Gasteiger partial charge in [-0.2, -0.15) is 5.10 Å². The highest BCUT2D eigenvalue weighted by Crippen LogP contribution is 2.17. The molecule has 0 aliphatic rings. The Morgan fingerprint density at radius 2 is 2.00 bits per heavy atom. The lowest BCUT2D eigenvalue weighted by Gasteiger charge is -2.11. The number of nitrogens with one attached hydrogen (secondary N) is 1. The van der Waals surface area contributed by atoms with E-state index in [-0.39, 0.29) is 5.91 Å². The maximum Gasteiger partial charge on any atom is 0.237 e. The van der Waals surface area contributed by atoms with Crippen molar-refractivity contribution in [3.8, 4) is 5.69 Å². The molecule has 0 aliphatic heterocycles. The Morgan fingerprint density at radius 1 is 1.32 bits per heavy atom. The summed E-state index contributed by atoms with van der Waals surface area (Å²) in [7, 11) is 0. The second kappa shape index (κ2) is 7.22. The summed E-state index contributed by atoms with van der Waals surface area (Å²) in [4.78, 5) is 11.9. The summed E-state index contributed by atoms with van der Waals surface area (Å²) < 4.78 is 1.91. The Hall–Kier alpha value is -2.14. The predicted molar refractivity (Wildman–Crippen MR) is 87.8 cm³/mol. The molecular weight excluding hydrogens is 276 g/mol. The minimum Gasteiger partial charge on any atom is -0.351 e. The number of hydrogen-bond donors (Lipinski definition) is 2. The lowest BCUT2D eigenvalue weighted by atomic mass is 10.1. The highest BCUT2D eigenvalue weighted by Gasteiger charge is 2.16. The fourth-order valence-electron chi connectivity index (χ4n) is 2.50. The molecule has 2 aromatic rings. The van der Waals surface area contributed by atoms with Gasteiger partial charge in [0.05, 0.1) is 17.4 Å². The molecule has 1 amide bonds. The van der Waals surface area contributed by atoms with Gasteiger partial charge in [0.2, 0.25) is 5.91 Å². The van der Waals surface area contributed by atoms with Crippen LogP contribution >= 0.6 is 0 Å². The summed E-state index contributed by atoms with van der Waals surface area (Å²) in [6.45, 7) is 6.45. The monoisotopic (exact) mass is 300 g/mol. The van der Waals surface area contributed by atoms with E-state index in [1.54, 1.807) is 0 Å². The van der Waals surface area contributed by atoms with Crippen LogP contribution in [0.3, 0.4) is 0 Å². The van der Waals surface area contributed by atoms with Crippen LogP contribution < -0.4 is 11.1 Å². The molecule has 1 heterocycles. The molecule has 0 bridgehead atoms. The Morgan fingerprint density at radius 3 is 2.64 bits per heavy atom. The Labute approximate surface area is 131 Å². The normalized spacial score (nSPS) is 12.2. The quantitative estimate of drug-likeness (QED) is 0.859. The third-order valence-electron chi connectivity index (χ3n) is 3.82. The smallest absolute Gasteiger partial charge is 0.237 e. The van der Waals surface area contributed by atoms with Crippen molar-refractivity contribution >= 4 is 5.91 Å². The Kier molecular flexibility index (Phi) is 5.33. The van der Waals surface area contributed by atoms with Gasteiger partial charge in [-0.3, -0.25) is 4.79 Å². The first-order valence-corrected chi connectivity index (χ1v) is 7.68. The summed E-state index contributed by atoms with van der Waals surface area (Å²) in [5.74, 6) is -0.104. The van der Waals surface area contributed by atoms with Crippen molar-refractivity contribution in [2.45, 2.75) is 46.2 Å². The van der Waals surface area contributed by atoms with Crippen LogP contribution in [0.4, 0.5) is 0 Å². The van der Waals surface area contributed by atoms with Crippen LogP contribution in [-0.2, 0) is 11.3 Å². The van der Waals surface area contributed by atoms with E-state index in [1.165, 1.54) is 0 Å². The molecule has 22 heavy (non-hydrogen) atoms. The van der Waals surface area contributed by atoms with E-state index in [1.807, 2.05) is 55.8 Å². The van der Waals surface area contributed by atoms with Crippen LogP contribution in [-0.4, -0.2) is 21.7 Å². The number of nitrogens with zero attached hydrogens (tertiary/aromatic N) is 2. The zero-order chi connectivity index (χ0) is 16.1. The van der Waals surface area contributed by atoms with Crippen molar-refractivity contribution in [2.75, 3.05) is 0 Å². The van der Waals surface area contributed by atoms with Gasteiger partial charge in [-0.05, 0) is 32.4 Å². The maximum absolute atomic E-state index is 11.9. The topological polar surface area (TPSA) is 72.9 Å². The van der Waals surface area contributed by atoms with Gasteiger partial charge in [0.25, 0.3) is 0 Å². The SMILES string of the molecule is CCCC(N)C(=O)NCc1c(C)nn(-c2ccccc2)c1C. The van der Waals surface area contributed by atoms with Crippen molar-refractivity contribution in [2.24, 2.45) is 5.73 Å². The molecule has 1 aromatic carbocycles. The first-order valence-electron chi connectivity index (χ1n) is 7.68. The predicted octanol–water partition coefficient (Wildman–Crippen LogP) is 2.23. The van der Waals surface area contributed by atoms with E-state index in [0.29, 0.717) is 13.0 Å². The van der Waals surface area contributed by atoms with E-state index >= 15 is 0 Å². The minimum absolute atomic E-state index is 0.104. The van der Waals surface area contributed by atoms with Gasteiger partial charge >= 0.3 is 0 Å². The van der Waals surface area contributed by atoms with Crippen molar-refractivity contribution in [3.05, 3.63) is 47.3 Å². The number of rotatable bonds is 6. The lowest BCUT2D eigenvalue weighted by molar-refractivity contribution is -0.122. The van der Waals surface area contributed by atoms with Gasteiger partial charge in [-0.15, -0.1) is 0 Å². The van der Waals surface area contributed by atoms with Crippen molar-refractivity contribution < 1.29 is 4.79 Å². The molecule has 0 saturated carbocycles. The van der Waals surface area contributed by atoms with Gasteiger partial charge in [-0.25, -0.2) is 4.68 Å². The summed E-state index contributed by atoms with van der Waals surface area (Å²) in [5.41, 5.74) is 9.85. The lowest BCUT2D eigenvalue weighted by Crippen LogP contribution is -2.40. The zero-order valence-electron chi connectivity index (χ0n) is 13.5. The molecule has 1 unspecified atom stereocenters. The van der Waals surface area contributed by atoms with Crippen molar-refractivity contribution in [1.29, 1.82) is 0 Å². The number of carbonyl (C=O) groups excluding carboxylic acids is 1. The molecule has 5 heteroatoms. The second-order valence-corrected chi connectivity index (χ2v) is 5.51. The third kappa shape index (κ3) is 3.54. The van der Waals surface area contributed by atoms with Crippen molar-refractivity contribution in [3.63, 3.8) is 0 Å². The molecule has 118 valence electrons. The number of benzene rings is 1. The van der Waals surface area contributed by atoms with Gasteiger partial charge in [0, 0.05) is 17.8 Å². The van der Waals surface area contributed by atoms with Gasteiger partial charge in [-0.1, -0.05) is 31.5 Å². The highest BCUT2D eigenvalue weighted by atomic mass is 16.2. The first kappa shape index (κ1) is 16.2. The van der Waals surface area contributed by atoms with Crippen LogP contribution in [0.5, 0.6) is 0 Å². The van der Waals surface area contributed by atoms with Crippen LogP contribution in [0.1, 0.15) is 36.7 Å². The number of carbonyl (C=O) groups is 1. The summed E-state index contributed by atoms with van der Waals surface area (Å²) in [5, 5.41) is 7.49. The number of aryl methyl sites for hydroxylation is 1. The van der Waals surface area contributed by atoms with E-state index in [9.17, 15) is 4.79 Å². The van der Waals surface area contributed by atoms with Gasteiger partial charge in [0.15, 0.2) is 0 Å². The Balaban J connectivity index is 2.13. The third-order valence-corrected chi connectivity index (χ3v) is 3.82. The maximum atomic E-state index is 11.9. The molecule has 0 spiro atoms. The molecule has 0 aliphatic carbocycles. The summed E-state index contributed by atoms with van der Waals surface area (Å²) >= 11 is 0. The standard InChI is InChI=1S/C17H24N4O/c1-4-8-16(18)17(22)19-11-15-12(2)20-21(13(15)3)14-9-6-5-7-10-14/h5-7,9-10,16H,4,8,11,18H2,1-3H3,(H,19,22). The number of para-hydroxylation sites is 1. The fraction of sp³-hybridized carbons (Fsp3) is 0.412. The number of hydrogen-bond acceptors (Lipinski definition) is 3. The largest absolute Gasteiger partial charge is 0.351 e. The molecule has 5 nitrogen and oxygen atoms in total. The Bertz CT molecular complexity index is 634.